The Morgan fingerprint density at radius 1 is 1.43 bits per heavy atom. The first-order valence-corrected chi connectivity index (χ1v) is 7.16. The summed E-state index contributed by atoms with van der Waals surface area (Å²) in [5.74, 6) is -0.373. The van der Waals surface area contributed by atoms with E-state index >= 15 is 0 Å². The molecule has 7 nitrogen and oxygen atoms in total. The van der Waals surface area contributed by atoms with Crippen LogP contribution in [-0.2, 0) is 4.74 Å². The van der Waals surface area contributed by atoms with Gasteiger partial charge in [0.15, 0.2) is 0 Å². The average Bonchev–Trinajstić information content (AvgIpc) is 2.42. The van der Waals surface area contributed by atoms with Crippen molar-refractivity contribution in [3.8, 4) is 0 Å². The molecule has 0 aliphatic heterocycles. The second kappa shape index (κ2) is 8.71. The fraction of sp³-hybridized carbons (Fsp3) is 0.462. The molecule has 0 aliphatic rings. The number of nitro benzene ring substituents is 1. The average molecular weight is 360 g/mol. The van der Waals surface area contributed by atoms with Gasteiger partial charge in [0.25, 0.3) is 11.6 Å². The zero-order chi connectivity index (χ0) is 15.8. The van der Waals surface area contributed by atoms with Gasteiger partial charge in [-0.15, -0.1) is 0 Å². The molecule has 0 unspecified atom stereocenters. The number of amides is 1. The lowest BCUT2D eigenvalue weighted by Gasteiger charge is -2.10. The molecule has 1 rings (SSSR count). The van der Waals surface area contributed by atoms with E-state index in [0.29, 0.717) is 19.8 Å². The fourth-order valence-electron chi connectivity index (χ4n) is 1.52. The lowest BCUT2D eigenvalue weighted by molar-refractivity contribution is -0.385. The first kappa shape index (κ1) is 17.5. The first-order valence-electron chi connectivity index (χ1n) is 6.37. The number of rotatable bonds is 8. The predicted octanol–water partition coefficient (Wildman–Crippen LogP) is 1.67. The maximum atomic E-state index is 12.0. The summed E-state index contributed by atoms with van der Waals surface area (Å²) in [6, 6.07) is 4.34. The van der Waals surface area contributed by atoms with Crippen LogP contribution in [0, 0.1) is 10.1 Å². The second-order valence-electron chi connectivity index (χ2n) is 4.57. The number of carbonyl (C=O) groups excluding carboxylic acids is 1. The Kier molecular flexibility index (Phi) is 7.27. The van der Waals surface area contributed by atoms with E-state index in [0.717, 1.165) is 6.54 Å². The normalized spacial score (nSPS) is 10.7. The smallest absolute Gasteiger partial charge is 0.284 e. The van der Waals surface area contributed by atoms with Crippen molar-refractivity contribution >= 4 is 27.5 Å². The highest BCUT2D eigenvalue weighted by atomic mass is 79.9. The molecule has 8 heteroatoms. The van der Waals surface area contributed by atoms with Gasteiger partial charge < -0.3 is 15.0 Å². The van der Waals surface area contributed by atoms with E-state index in [1.54, 1.807) is 0 Å². The molecular formula is C13H18BrN3O4. The van der Waals surface area contributed by atoms with E-state index in [-0.39, 0.29) is 21.6 Å². The minimum Gasteiger partial charge on any atom is -0.378 e. The van der Waals surface area contributed by atoms with E-state index in [9.17, 15) is 14.9 Å². The van der Waals surface area contributed by atoms with Crippen LogP contribution < -0.4 is 5.32 Å². The molecule has 0 aromatic heterocycles. The highest BCUT2D eigenvalue weighted by Gasteiger charge is 2.18. The summed E-state index contributed by atoms with van der Waals surface area (Å²) >= 11 is 3.09. The Bertz CT molecular complexity index is 508. The highest BCUT2D eigenvalue weighted by Crippen LogP contribution is 2.27. The minimum atomic E-state index is -0.536. The van der Waals surface area contributed by atoms with Gasteiger partial charge in [0.05, 0.1) is 23.7 Å². The molecule has 1 aromatic carbocycles. The molecule has 0 saturated heterocycles. The van der Waals surface area contributed by atoms with Crippen LogP contribution >= 0.6 is 15.9 Å². The van der Waals surface area contributed by atoms with E-state index in [2.05, 4.69) is 21.2 Å². The number of ether oxygens (including phenoxy) is 1. The number of nitro groups is 1. The molecule has 1 amide bonds. The van der Waals surface area contributed by atoms with E-state index < -0.39 is 4.92 Å². The Balaban J connectivity index is 2.46. The SMILES string of the molecule is CN(C)CCOCCNC(=O)c1cccc([N+](=O)[O-])c1Br. The van der Waals surface area contributed by atoms with Crippen LogP contribution in [0.3, 0.4) is 0 Å². The fourth-order valence-corrected chi connectivity index (χ4v) is 2.11. The van der Waals surface area contributed by atoms with Crippen LogP contribution in [0.15, 0.2) is 22.7 Å². The summed E-state index contributed by atoms with van der Waals surface area (Å²) in [7, 11) is 3.90. The standard InChI is InChI=1S/C13H18BrN3O4/c1-16(2)7-9-21-8-6-15-13(18)10-4-3-5-11(12(10)14)17(19)20/h3-5H,6-9H2,1-2H3,(H,15,18). The summed E-state index contributed by atoms with van der Waals surface area (Å²) in [5, 5.41) is 13.5. The van der Waals surface area contributed by atoms with E-state index in [1.807, 2.05) is 19.0 Å². The molecule has 0 spiro atoms. The van der Waals surface area contributed by atoms with Crippen LogP contribution in [-0.4, -0.2) is 56.1 Å². The Labute approximate surface area is 131 Å². The van der Waals surface area contributed by atoms with Crippen molar-refractivity contribution in [2.75, 3.05) is 40.4 Å². The van der Waals surface area contributed by atoms with Gasteiger partial charge in [0, 0.05) is 19.2 Å². The van der Waals surface area contributed by atoms with Crippen molar-refractivity contribution in [2.45, 2.75) is 0 Å². The van der Waals surface area contributed by atoms with Gasteiger partial charge in [-0.05, 0) is 36.1 Å². The molecule has 1 aromatic rings. The van der Waals surface area contributed by atoms with Crippen molar-refractivity contribution in [1.29, 1.82) is 0 Å². The van der Waals surface area contributed by atoms with Crippen LogP contribution in [0.1, 0.15) is 10.4 Å². The molecular weight excluding hydrogens is 342 g/mol. The van der Waals surface area contributed by atoms with Gasteiger partial charge in [-0.1, -0.05) is 6.07 Å². The van der Waals surface area contributed by atoms with Gasteiger partial charge in [0.2, 0.25) is 0 Å². The predicted molar refractivity (Wildman–Crippen MR) is 82.5 cm³/mol. The topological polar surface area (TPSA) is 84.7 Å². The third-order valence-corrected chi connectivity index (χ3v) is 3.47. The third kappa shape index (κ3) is 5.78. The largest absolute Gasteiger partial charge is 0.378 e. The summed E-state index contributed by atoms with van der Waals surface area (Å²) in [6.07, 6.45) is 0. The first-order chi connectivity index (χ1) is 9.93. The molecule has 0 aliphatic carbocycles. The van der Waals surface area contributed by atoms with Crippen LogP contribution in [0.5, 0.6) is 0 Å². The van der Waals surface area contributed by atoms with Gasteiger partial charge in [-0.25, -0.2) is 0 Å². The number of nitrogens with zero attached hydrogens (tertiary/aromatic N) is 2. The van der Waals surface area contributed by atoms with Crippen molar-refractivity contribution in [1.82, 2.24) is 10.2 Å². The number of likely N-dealkylation sites (N-methyl/N-ethyl adjacent to an activating group) is 1. The van der Waals surface area contributed by atoms with Gasteiger partial charge in [-0.2, -0.15) is 0 Å². The lowest BCUT2D eigenvalue weighted by Crippen LogP contribution is -2.28. The van der Waals surface area contributed by atoms with Crippen molar-refractivity contribution in [2.24, 2.45) is 0 Å². The van der Waals surface area contributed by atoms with Gasteiger partial charge in [0.1, 0.15) is 4.47 Å². The maximum absolute atomic E-state index is 12.0. The van der Waals surface area contributed by atoms with Crippen molar-refractivity contribution in [3.63, 3.8) is 0 Å². The quantitative estimate of drug-likeness (QED) is 0.433. The number of halogens is 1. The molecule has 0 saturated carbocycles. The van der Waals surface area contributed by atoms with Crippen LogP contribution in [0.2, 0.25) is 0 Å². The molecule has 0 radical (unpaired) electrons. The Morgan fingerprint density at radius 3 is 2.76 bits per heavy atom. The zero-order valence-corrected chi connectivity index (χ0v) is 13.6. The summed E-state index contributed by atoms with van der Waals surface area (Å²) < 4.78 is 5.53. The maximum Gasteiger partial charge on any atom is 0.284 e. The summed E-state index contributed by atoms with van der Waals surface area (Å²) in [5.41, 5.74) is 0.0994. The number of hydrogen-bond donors (Lipinski definition) is 1. The monoisotopic (exact) mass is 359 g/mol. The molecule has 0 fully saturated rings. The van der Waals surface area contributed by atoms with Gasteiger partial charge in [-0.3, -0.25) is 14.9 Å². The van der Waals surface area contributed by atoms with Crippen molar-refractivity contribution < 1.29 is 14.5 Å². The number of benzene rings is 1. The molecule has 116 valence electrons. The van der Waals surface area contributed by atoms with E-state index in [4.69, 9.17) is 4.74 Å². The highest BCUT2D eigenvalue weighted by molar-refractivity contribution is 9.10. The third-order valence-electron chi connectivity index (χ3n) is 2.63. The number of hydrogen-bond acceptors (Lipinski definition) is 5. The molecule has 0 atom stereocenters. The summed E-state index contributed by atoms with van der Waals surface area (Å²) in [6.45, 7) is 2.14. The molecule has 0 heterocycles. The Hall–Kier alpha value is -1.51. The van der Waals surface area contributed by atoms with E-state index in [1.165, 1.54) is 18.2 Å². The lowest BCUT2D eigenvalue weighted by atomic mass is 10.2. The van der Waals surface area contributed by atoms with Crippen LogP contribution in [0.4, 0.5) is 5.69 Å². The van der Waals surface area contributed by atoms with Gasteiger partial charge >= 0.3 is 0 Å². The molecule has 0 bridgehead atoms. The Morgan fingerprint density at radius 2 is 2.14 bits per heavy atom. The number of nitrogens with one attached hydrogen (secondary N) is 1. The van der Waals surface area contributed by atoms with Crippen LogP contribution in [0.25, 0.3) is 0 Å². The van der Waals surface area contributed by atoms with Crippen molar-refractivity contribution in [3.05, 3.63) is 38.3 Å². The molecule has 1 N–H and O–H groups in total. The second-order valence-corrected chi connectivity index (χ2v) is 5.36. The minimum absolute atomic E-state index is 0.134. The summed E-state index contributed by atoms with van der Waals surface area (Å²) in [4.78, 5) is 24.2. The number of carbonyl (C=O) groups is 1. The molecule has 21 heavy (non-hydrogen) atoms. The zero-order valence-electron chi connectivity index (χ0n) is 12.0.